The van der Waals surface area contributed by atoms with Gasteiger partial charge in [0.25, 0.3) is 0 Å². The summed E-state index contributed by atoms with van der Waals surface area (Å²) in [6.45, 7) is 0.870. The highest BCUT2D eigenvalue weighted by Crippen LogP contribution is 2.15. The van der Waals surface area contributed by atoms with Gasteiger partial charge in [0.15, 0.2) is 0 Å². The smallest absolute Gasteiger partial charge is 0.0876 e. The van der Waals surface area contributed by atoms with Gasteiger partial charge in [-0.2, -0.15) is 0 Å². The normalized spacial score (nSPS) is 20.4. The predicted octanol–water partition coefficient (Wildman–Crippen LogP) is 0.390. The Morgan fingerprint density at radius 2 is 2.55 bits per heavy atom. The Morgan fingerprint density at radius 1 is 1.73 bits per heavy atom. The summed E-state index contributed by atoms with van der Waals surface area (Å²) in [6, 6.07) is -0.122. The van der Waals surface area contributed by atoms with Gasteiger partial charge >= 0.3 is 0 Å². The molecule has 1 unspecified atom stereocenters. The maximum Gasteiger partial charge on any atom is 0.0876 e. The molecule has 1 heterocycles. The summed E-state index contributed by atoms with van der Waals surface area (Å²) in [7, 11) is 0. The molecule has 0 amide bonds. The van der Waals surface area contributed by atoms with Crippen LogP contribution in [-0.2, 0) is 4.74 Å². The molecule has 0 aromatic rings. The van der Waals surface area contributed by atoms with E-state index in [0.29, 0.717) is 0 Å². The lowest BCUT2D eigenvalue weighted by Crippen LogP contribution is -2.25. The molecular weight excluding hydrogens is 142 g/mol. The summed E-state index contributed by atoms with van der Waals surface area (Å²) in [5, 5.41) is 8.67. The van der Waals surface area contributed by atoms with Crippen molar-refractivity contribution in [2.45, 2.75) is 25.3 Å². The highest BCUT2D eigenvalue weighted by Gasteiger charge is 2.08. The van der Waals surface area contributed by atoms with Crippen LogP contribution >= 0.6 is 0 Å². The predicted molar refractivity (Wildman–Crippen MR) is 42.9 cm³/mol. The number of hydrogen-bond acceptors (Lipinski definition) is 3. The van der Waals surface area contributed by atoms with Crippen LogP contribution in [0.15, 0.2) is 11.8 Å². The molecule has 0 bridgehead atoms. The summed E-state index contributed by atoms with van der Waals surface area (Å²) in [6.07, 6.45) is 4.67. The first-order chi connectivity index (χ1) is 5.33. The number of rotatable bonds is 3. The van der Waals surface area contributed by atoms with Crippen LogP contribution in [0.2, 0.25) is 0 Å². The van der Waals surface area contributed by atoms with Gasteiger partial charge in [-0.1, -0.05) is 0 Å². The van der Waals surface area contributed by atoms with Gasteiger partial charge in [-0.3, -0.25) is 0 Å². The Kier molecular flexibility index (Phi) is 3.39. The minimum absolute atomic E-state index is 0.0529. The van der Waals surface area contributed by atoms with Crippen molar-refractivity contribution in [2.24, 2.45) is 5.73 Å². The Hall–Kier alpha value is -0.540. The fourth-order valence-electron chi connectivity index (χ4n) is 1.17. The molecule has 64 valence electrons. The minimum Gasteiger partial charge on any atom is -0.501 e. The quantitative estimate of drug-likeness (QED) is 0.623. The van der Waals surface area contributed by atoms with Gasteiger partial charge in [0.05, 0.1) is 19.5 Å². The third kappa shape index (κ3) is 2.91. The van der Waals surface area contributed by atoms with E-state index in [2.05, 4.69) is 0 Å². The van der Waals surface area contributed by atoms with Crippen LogP contribution in [0.25, 0.3) is 0 Å². The molecule has 0 aliphatic carbocycles. The second kappa shape index (κ2) is 4.36. The number of hydrogen-bond donors (Lipinski definition) is 2. The zero-order valence-corrected chi connectivity index (χ0v) is 6.62. The van der Waals surface area contributed by atoms with E-state index in [1.54, 1.807) is 6.26 Å². The topological polar surface area (TPSA) is 55.5 Å². The minimum atomic E-state index is -0.122. The van der Waals surface area contributed by atoms with Crippen LogP contribution in [0.1, 0.15) is 19.3 Å². The van der Waals surface area contributed by atoms with E-state index in [1.807, 2.05) is 0 Å². The molecule has 11 heavy (non-hydrogen) atoms. The van der Waals surface area contributed by atoms with Gasteiger partial charge in [-0.05, 0) is 24.8 Å². The Balaban J connectivity index is 2.29. The average molecular weight is 157 g/mol. The standard InChI is InChI=1S/C8H15NO2/c9-8(5-10)4-7-2-1-3-11-6-7/h6,8,10H,1-5,9H2. The average Bonchev–Trinajstić information content (AvgIpc) is 2.06. The third-order valence-corrected chi connectivity index (χ3v) is 1.77. The monoisotopic (exact) mass is 157 g/mol. The van der Waals surface area contributed by atoms with Gasteiger partial charge in [0.1, 0.15) is 0 Å². The Labute approximate surface area is 66.8 Å². The first-order valence-electron chi connectivity index (χ1n) is 3.99. The second-order valence-corrected chi connectivity index (χ2v) is 2.90. The number of ether oxygens (including phenoxy) is 1. The first-order valence-corrected chi connectivity index (χ1v) is 3.99. The van der Waals surface area contributed by atoms with Crippen LogP contribution in [0.5, 0.6) is 0 Å². The highest BCUT2D eigenvalue weighted by molar-refractivity contribution is 5.02. The molecule has 0 saturated carbocycles. The van der Waals surface area contributed by atoms with Crippen molar-refractivity contribution in [2.75, 3.05) is 13.2 Å². The van der Waals surface area contributed by atoms with Gasteiger partial charge in [0.2, 0.25) is 0 Å². The van der Waals surface area contributed by atoms with Crippen molar-refractivity contribution in [3.05, 3.63) is 11.8 Å². The van der Waals surface area contributed by atoms with Crippen molar-refractivity contribution in [3.63, 3.8) is 0 Å². The lowest BCUT2D eigenvalue weighted by molar-refractivity contribution is 0.217. The zero-order chi connectivity index (χ0) is 8.10. The summed E-state index contributed by atoms with van der Waals surface area (Å²) in [4.78, 5) is 0. The fourth-order valence-corrected chi connectivity index (χ4v) is 1.17. The van der Waals surface area contributed by atoms with Crippen LogP contribution in [0.3, 0.4) is 0 Å². The number of nitrogens with two attached hydrogens (primary N) is 1. The van der Waals surface area contributed by atoms with Crippen LogP contribution in [-0.4, -0.2) is 24.4 Å². The molecule has 1 aliphatic rings. The third-order valence-electron chi connectivity index (χ3n) is 1.77. The molecule has 0 aromatic heterocycles. The molecule has 3 N–H and O–H groups in total. The van der Waals surface area contributed by atoms with Crippen LogP contribution < -0.4 is 5.73 Å². The van der Waals surface area contributed by atoms with E-state index in [1.165, 1.54) is 5.57 Å². The molecule has 0 radical (unpaired) electrons. The fraction of sp³-hybridized carbons (Fsp3) is 0.750. The molecular formula is C8H15NO2. The molecule has 1 rings (SSSR count). The van der Waals surface area contributed by atoms with Gasteiger partial charge in [-0.15, -0.1) is 0 Å². The SMILES string of the molecule is NC(CO)CC1=COCCC1. The van der Waals surface area contributed by atoms with E-state index < -0.39 is 0 Å². The van der Waals surface area contributed by atoms with Gasteiger partial charge in [-0.25, -0.2) is 0 Å². The lowest BCUT2D eigenvalue weighted by atomic mass is 10.0. The van der Waals surface area contributed by atoms with E-state index in [9.17, 15) is 0 Å². The maximum atomic E-state index is 8.67. The van der Waals surface area contributed by atoms with E-state index in [-0.39, 0.29) is 12.6 Å². The van der Waals surface area contributed by atoms with Gasteiger partial charge < -0.3 is 15.6 Å². The van der Waals surface area contributed by atoms with Crippen LogP contribution in [0, 0.1) is 0 Å². The molecule has 1 aliphatic heterocycles. The second-order valence-electron chi connectivity index (χ2n) is 2.90. The van der Waals surface area contributed by atoms with Crippen molar-refractivity contribution >= 4 is 0 Å². The molecule has 0 aromatic carbocycles. The van der Waals surface area contributed by atoms with Gasteiger partial charge in [0, 0.05) is 6.04 Å². The number of aliphatic hydroxyl groups is 1. The van der Waals surface area contributed by atoms with Crippen molar-refractivity contribution in [3.8, 4) is 0 Å². The van der Waals surface area contributed by atoms with Crippen molar-refractivity contribution < 1.29 is 9.84 Å². The molecule has 0 fully saturated rings. The molecule has 3 nitrogen and oxygen atoms in total. The van der Waals surface area contributed by atoms with Crippen molar-refractivity contribution in [1.29, 1.82) is 0 Å². The molecule has 1 atom stereocenters. The summed E-state index contributed by atoms with van der Waals surface area (Å²) < 4.78 is 5.13. The van der Waals surface area contributed by atoms with Crippen molar-refractivity contribution in [1.82, 2.24) is 0 Å². The molecule has 0 saturated heterocycles. The zero-order valence-electron chi connectivity index (χ0n) is 6.62. The molecule has 3 heteroatoms. The van der Waals surface area contributed by atoms with E-state index in [4.69, 9.17) is 15.6 Å². The Bertz CT molecular complexity index is 145. The summed E-state index contributed by atoms with van der Waals surface area (Å²) >= 11 is 0. The Morgan fingerprint density at radius 3 is 3.09 bits per heavy atom. The van der Waals surface area contributed by atoms with E-state index in [0.717, 1.165) is 25.9 Å². The lowest BCUT2D eigenvalue weighted by Gasteiger charge is -2.15. The van der Waals surface area contributed by atoms with Crippen LogP contribution in [0.4, 0.5) is 0 Å². The maximum absolute atomic E-state index is 8.67. The summed E-state index contributed by atoms with van der Waals surface area (Å²) in [5.74, 6) is 0. The molecule has 0 spiro atoms. The largest absolute Gasteiger partial charge is 0.501 e. The van der Waals surface area contributed by atoms with E-state index >= 15 is 0 Å². The first kappa shape index (κ1) is 8.56. The highest BCUT2D eigenvalue weighted by atomic mass is 16.5. The summed E-state index contributed by atoms with van der Waals surface area (Å²) in [5.41, 5.74) is 6.78. The number of aliphatic hydroxyl groups excluding tert-OH is 1.